The Bertz CT molecular complexity index is 678. The van der Waals surface area contributed by atoms with Gasteiger partial charge in [-0.15, -0.1) is 0 Å². The molecule has 24 heavy (non-hydrogen) atoms. The fraction of sp³-hybridized carbons (Fsp3) is 0.421. The summed E-state index contributed by atoms with van der Waals surface area (Å²) in [6, 6.07) is 9.91. The van der Waals surface area contributed by atoms with Crippen LogP contribution in [0.4, 0.5) is 0 Å². The van der Waals surface area contributed by atoms with Gasteiger partial charge in [0.1, 0.15) is 11.5 Å². The number of β-amino-alcohol motifs (C(OH)–C–C–N with tert-alkyl or cyclic N) is 1. The highest BCUT2D eigenvalue weighted by Crippen LogP contribution is 2.22. The van der Waals surface area contributed by atoms with Crippen molar-refractivity contribution in [1.29, 1.82) is 0 Å². The third-order valence-corrected chi connectivity index (χ3v) is 4.41. The van der Waals surface area contributed by atoms with Crippen LogP contribution >= 0.6 is 0 Å². The third kappa shape index (κ3) is 4.24. The monoisotopic (exact) mass is 328 g/mol. The van der Waals surface area contributed by atoms with Crippen LogP contribution in [0, 0.1) is 12.8 Å². The molecule has 0 amide bonds. The number of aryl methyl sites for hydroxylation is 1. The molecule has 1 N–H and O–H groups in total. The maximum atomic E-state index is 10.3. The summed E-state index contributed by atoms with van der Waals surface area (Å²) in [6.07, 6.45) is 4.65. The SMILES string of the molecule is COc1ccc(/C=C/CN2C[C@@H](Cc3cc(C)no3)[C@H](O)C2)cc1. The minimum atomic E-state index is -0.315. The number of hydrogen-bond acceptors (Lipinski definition) is 5. The molecule has 1 aromatic heterocycles. The van der Waals surface area contributed by atoms with E-state index < -0.39 is 0 Å². The largest absolute Gasteiger partial charge is 0.497 e. The van der Waals surface area contributed by atoms with E-state index in [-0.39, 0.29) is 12.0 Å². The average Bonchev–Trinajstić information content (AvgIpc) is 3.14. The first kappa shape index (κ1) is 16.7. The standard InChI is InChI=1S/C19H24N2O3/c1-14-10-18(24-20-14)11-16-12-21(13-19(16)22)9-3-4-15-5-7-17(23-2)8-6-15/h3-8,10,16,19,22H,9,11-13H2,1-2H3/b4-3+/t16-,19-/m1/s1. The van der Waals surface area contributed by atoms with Gasteiger partial charge >= 0.3 is 0 Å². The van der Waals surface area contributed by atoms with Gasteiger partial charge in [0.2, 0.25) is 0 Å². The summed E-state index contributed by atoms with van der Waals surface area (Å²) in [4.78, 5) is 2.26. The van der Waals surface area contributed by atoms with Crippen molar-refractivity contribution in [2.75, 3.05) is 26.7 Å². The van der Waals surface area contributed by atoms with Crippen LogP contribution in [0.5, 0.6) is 5.75 Å². The van der Waals surface area contributed by atoms with E-state index in [9.17, 15) is 5.11 Å². The minimum absolute atomic E-state index is 0.201. The number of benzene rings is 1. The third-order valence-electron chi connectivity index (χ3n) is 4.41. The van der Waals surface area contributed by atoms with Crippen molar-refractivity contribution in [1.82, 2.24) is 10.1 Å². The van der Waals surface area contributed by atoms with E-state index >= 15 is 0 Å². The quantitative estimate of drug-likeness (QED) is 0.883. The number of aliphatic hydroxyl groups is 1. The van der Waals surface area contributed by atoms with Crippen LogP contribution in [0.15, 0.2) is 40.9 Å². The molecule has 1 aromatic carbocycles. The Labute approximate surface area is 142 Å². The molecular formula is C19H24N2O3. The molecule has 1 aliphatic heterocycles. The molecular weight excluding hydrogens is 304 g/mol. The molecule has 128 valence electrons. The molecule has 3 rings (SSSR count). The zero-order valence-corrected chi connectivity index (χ0v) is 14.2. The van der Waals surface area contributed by atoms with Gasteiger partial charge in [-0.3, -0.25) is 4.90 Å². The fourth-order valence-electron chi connectivity index (χ4n) is 3.11. The number of methoxy groups -OCH3 is 1. The molecule has 1 saturated heterocycles. The number of aromatic nitrogens is 1. The number of ether oxygens (including phenoxy) is 1. The van der Waals surface area contributed by atoms with Gasteiger partial charge in [0.05, 0.1) is 18.9 Å². The lowest BCUT2D eigenvalue weighted by Crippen LogP contribution is -2.21. The van der Waals surface area contributed by atoms with Gasteiger partial charge in [0.15, 0.2) is 0 Å². The highest BCUT2D eigenvalue weighted by atomic mass is 16.5. The van der Waals surface area contributed by atoms with E-state index in [0.29, 0.717) is 6.54 Å². The van der Waals surface area contributed by atoms with E-state index in [1.165, 1.54) is 0 Å². The second-order valence-electron chi connectivity index (χ2n) is 6.36. The van der Waals surface area contributed by atoms with Crippen molar-refractivity contribution in [2.45, 2.75) is 19.4 Å². The Morgan fingerprint density at radius 2 is 2.12 bits per heavy atom. The summed E-state index contributed by atoms with van der Waals surface area (Å²) in [5.74, 6) is 1.92. The van der Waals surface area contributed by atoms with E-state index in [1.54, 1.807) is 7.11 Å². The molecule has 5 heteroatoms. The van der Waals surface area contributed by atoms with Gasteiger partial charge in [0.25, 0.3) is 0 Å². The Morgan fingerprint density at radius 3 is 2.79 bits per heavy atom. The Kier molecular flexibility index (Phi) is 5.33. The van der Waals surface area contributed by atoms with Gasteiger partial charge in [-0.05, 0) is 24.6 Å². The Balaban J connectivity index is 1.50. The number of rotatable bonds is 6. The van der Waals surface area contributed by atoms with Crippen LogP contribution in [-0.4, -0.2) is 48.0 Å². The van der Waals surface area contributed by atoms with Crippen LogP contribution in [0.1, 0.15) is 17.0 Å². The zero-order valence-electron chi connectivity index (χ0n) is 14.2. The van der Waals surface area contributed by atoms with Crippen molar-refractivity contribution in [3.05, 3.63) is 53.4 Å². The van der Waals surface area contributed by atoms with Crippen LogP contribution in [-0.2, 0) is 6.42 Å². The highest BCUT2D eigenvalue weighted by Gasteiger charge is 2.31. The fourth-order valence-corrected chi connectivity index (χ4v) is 3.11. The Morgan fingerprint density at radius 1 is 1.33 bits per heavy atom. The molecule has 0 bridgehead atoms. The van der Waals surface area contributed by atoms with E-state index in [0.717, 1.165) is 42.3 Å². The second-order valence-corrected chi connectivity index (χ2v) is 6.36. The normalized spacial score (nSPS) is 21.6. The zero-order chi connectivity index (χ0) is 16.9. The van der Waals surface area contributed by atoms with Crippen LogP contribution in [0.3, 0.4) is 0 Å². The second kappa shape index (κ2) is 7.64. The van der Waals surface area contributed by atoms with Gasteiger partial charge < -0.3 is 14.4 Å². The molecule has 5 nitrogen and oxygen atoms in total. The molecule has 1 fully saturated rings. The summed E-state index contributed by atoms with van der Waals surface area (Å²) in [5.41, 5.74) is 2.03. The molecule has 1 aliphatic rings. The van der Waals surface area contributed by atoms with E-state index in [4.69, 9.17) is 9.26 Å². The number of nitrogens with zero attached hydrogens (tertiary/aromatic N) is 2. The van der Waals surface area contributed by atoms with Crippen molar-refractivity contribution in [2.24, 2.45) is 5.92 Å². The lowest BCUT2D eigenvalue weighted by atomic mass is 10.0. The summed E-state index contributed by atoms with van der Waals surface area (Å²) in [7, 11) is 1.67. The lowest BCUT2D eigenvalue weighted by Gasteiger charge is -2.12. The predicted molar refractivity (Wildman–Crippen MR) is 92.9 cm³/mol. The summed E-state index contributed by atoms with van der Waals surface area (Å²) in [6.45, 7) is 4.31. The van der Waals surface area contributed by atoms with Gasteiger partial charge in [-0.2, -0.15) is 0 Å². The summed E-state index contributed by atoms with van der Waals surface area (Å²) >= 11 is 0. The molecule has 2 atom stereocenters. The molecule has 0 spiro atoms. The Hall–Kier alpha value is -2.11. The van der Waals surface area contributed by atoms with Crippen molar-refractivity contribution < 1.29 is 14.4 Å². The first-order chi connectivity index (χ1) is 11.6. The van der Waals surface area contributed by atoms with Crippen molar-refractivity contribution in [3.63, 3.8) is 0 Å². The van der Waals surface area contributed by atoms with Crippen LogP contribution < -0.4 is 4.74 Å². The number of aliphatic hydroxyl groups excluding tert-OH is 1. The highest BCUT2D eigenvalue weighted by molar-refractivity contribution is 5.50. The van der Waals surface area contributed by atoms with E-state index in [1.807, 2.05) is 37.3 Å². The minimum Gasteiger partial charge on any atom is -0.497 e. The molecule has 0 radical (unpaired) electrons. The molecule has 2 aromatic rings. The van der Waals surface area contributed by atoms with Gasteiger partial charge in [-0.25, -0.2) is 0 Å². The first-order valence-corrected chi connectivity index (χ1v) is 8.27. The lowest BCUT2D eigenvalue weighted by molar-refractivity contribution is 0.138. The topological polar surface area (TPSA) is 58.7 Å². The first-order valence-electron chi connectivity index (χ1n) is 8.27. The van der Waals surface area contributed by atoms with Crippen molar-refractivity contribution in [3.8, 4) is 5.75 Å². The molecule has 0 aliphatic carbocycles. The predicted octanol–water partition coefficient (Wildman–Crippen LogP) is 2.54. The molecule has 2 heterocycles. The van der Waals surface area contributed by atoms with Gasteiger partial charge in [0, 0.05) is 38.0 Å². The molecule has 0 unspecified atom stereocenters. The summed E-state index contributed by atoms with van der Waals surface area (Å²) < 4.78 is 10.4. The van der Waals surface area contributed by atoms with Crippen LogP contribution in [0.2, 0.25) is 0 Å². The number of likely N-dealkylation sites (tertiary alicyclic amines) is 1. The average molecular weight is 328 g/mol. The number of hydrogen-bond donors (Lipinski definition) is 1. The summed E-state index contributed by atoms with van der Waals surface area (Å²) in [5, 5.41) is 14.2. The van der Waals surface area contributed by atoms with Crippen molar-refractivity contribution >= 4 is 6.08 Å². The van der Waals surface area contributed by atoms with Gasteiger partial charge in [-0.1, -0.05) is 29.4 Å². The molecule has 0 saturated carbocycles. The van der Waals surface area contributed by atoms with Crippen LogP contribution in [0.25, 0.3) is 6.08 Å². The maximum Gasteiger partial charge on any atom is 0.137 e. The maximum absolute atomic E-state index is 10.3. The van der Waals surface area contributed by atoms with E-state index in [2.05, 4.69) is 22.2 Å². The smallest absolute Gasteiger partial charge is 0.137 e.